The number of aryl methyl sites for hydroxylation is 2. The van der Waals surface area contributed by atoms with Crippen LogP contribution in [0.1, 0.15) is 24.5 Å². The predicted molar refractivity (Wildman–Crippen MR) is 62.1 cm³/mol. The molecule has 0 amide bonds. The van der Waals surface area contributed by atoms with Crippen LogP contribution >= 0.6 is 0 Å². The maximum absolute atomic E-state index is 11.2. The van der Waals surface area contributed by atoms with E-state index in [0.717, 1.165) is 5.56 Å². The minimum atomic E-state index is -1.01. The van der Waals surface area contributed by atoms with E-state index < -0.39 is 12.1 Å². The second-order valence-corrected chi connectivity index (χ2v) is 3.73. The average Bonchev–Trinajstić information content (AvgIpc) is 2.28. The number of esters is 1. The zero-order chi connectivity index (χ0) is 12.0. The molecule has 88 valence electrons. The number of aliphatic hydroxyl groups is 1. The van der Waals surface area contributed by atoms with Crippen molar-refractivity contribution in [1.29, 1.82) is 0 Å². The quantitative estimate of drug-likeness (QED) is 0.773. The standard InChI is InChI=1S/C13H18O3/c1-3-16-13(15)12(14)9-8-11-7-5-4-6-10(11)2/h4-7,12,14H,3,8-9H2,1-2H3/t12-/m1/s1. The van der Waals surface area contributed by atoms with E-state index in [9.17, 15) is 9.90 Å². The molecule has 0 heterocycles. The van der Waals surface area contributed by atoms with Gasteiger partial charge in [0.1, 0.15) is 0 Å². The summed E-state index contributed by atoms with van der Waals surface area (Å²) in [5.74, 6) is -0.531. The van der Waals surface area contributed by atoms with Crippen molar-refractivity contribution in [2.75, 3.05) is 6.61 Å². The van der Waals surface area contributed by atoms with Gasteiger partial charge in [0, 0.05) is 0 Å². The molecule has 0 aliphatic carbocycles. The summed E-state index contributed by atoms with van der Waals surface area (Å²) in [6.45, 7) is 4.05. The molecule has 1 aromatic rings. The lowest BCUT2D eigenvalue weighted by Crippen LogP contribution is -2.23. The summed E-state index contributed by atoms with van der Waals surface area (Å²) in [6, 6.07) is 7.96. The molecule has 0 spiro atoms. The van der Waals surface area contributed by atoms with E-state index in [1.807, 2.05) is 31.2 Å². The van der Waals surface area contributed by atoms with Gasteiger partial charge in [0.25, 0.3) is 0 Å². The fourth-order valence-electron chi connectivity index (χ4n) is 1.54. The first-order chi connectivity index (χ1) is 7.65. The first-order valence-corrected chi connectivity index (χ1v) is 5.54. The Labute approximate surface area is 96.1 Å². The van der Waals surface area contributed by atoms with Crippen molar-refractivity contribution < 1.29 is 14.6 Å². The van der Waals surface area contributed by atoms with Gasteiger partial charge < -0.3 is 9.84 Å². The number of ether oxygens (including phenoxy) is 1. The minimum absolute atomic E-state index is 0.306. The largest absolute Gasteiger partial charge is 0.464 e. The molecule has 1 rings (SSSR count). The van der Waals surface area contributed by atoms with Crippen LogP contribution in [0, 0.1) is 6.92 Å². The number of hydrogen-bond acceptors (Lipinski definition) is 3. The molecule has 0 bridgehead atoms. The Bertz CT molecular complexity index is 347. The molecule has 0 aliphatic heterocycles. The number of hydrogen-bond donors (Lipinski definition) is 1. The molecule has 0 saturated heterocycles. The van der Waals surface area contributed by atoms with Gasteiger partial charge in [0.15, 0.2) is 6.10 Å². The fraction of sp³-hybridized carbons (Fsp3) is 0.462. The van der Waals surface area contributed by atoms with Crippen LogP contribution in [0.5, 0.6) is 0 Å². The van der Waals surface area contributed by atoms with Crippen LogP contribution in [-0.4, -0.2) is 23.8 Å². The summed E-state index contributed by atoms with van der Waals surface area (Å²) >= 11 is 0. The van der Waals surface area contributed by atoms with Gasteiger partial charge in [-0.3, -0.25) is 0 Å². The topological polar surface area (TPSA) is 46.5 Å². The first kappa shape index (κ1) is 12.7. The van der Waals surface area contributed by atoms with Crippen LogP contribution < -0.4 is 0 Å². The number of carbonyl (C=O) groups is 1. The summed E-state index contributed by atoms with van der Waals surface area (Å²) in [7, 11) is 0. The van der Waals surface area contributed by atoms with E-state index in [1.165, 1.54) is 5.56 Å². The van der Waals surface area contributed by atoms with Gasteiger partial charge in [-0.25, -0.2) is 4.79 Å². The SMILES string of the molecule is CCOC(=O)[C@H](O)CCc1ccccc1C. The van der Waals surface area contributed by atoms with Crippen LogP contribution in [0.3, 0.4) is 0 Å². The third-order valence-corrected chi connectivity index (χ3v) is 2.51. The summed E-state index contributed by atoms with van der Waals surface area (Å²) in [6.07, 6.45) is 0.0793. The van der Waals surface area contributed by atoms with E-state index >= 15 is 0 Å². The summed E-state index contributed by atoms with van der Waals surface area (Å²) in [5.41, 5.74) is 2.34. The normalized spacial score (nSPS) is 12.2. The van der Waals surface area contributed by atoms with Crippen LogP contribution in [0.15, 0.2) is 24.3 Å². The van der Waals surface area contributed by atoms with Crippen molar-refractivity contribution in [2.24, 2.45) is 0 Å². The monoisotopic (exact) mass is 222 g/mol. The van der Waals surface area contributed by atoms with E-state index in [4.69, 9.17) is 4.74 Å². The Kier molecular flexibility index (Phi) is 4.99. The van der Waals surface area contributed by atoms with Gasteiger partial charge in [-0.15, -0.1) is 0 Å². The summed E-state index contributed by atoms with van der Waals surface area (Å²) in [4.78, 5) is 11.2. The molecule has 1 N–H and O–H groups in total. The highest BCUT2D eigenvalue weighted by atomic mass is 16.5. The third-order valence-electron chi connectivity index (χ3n) is 2.51. The van der Waals surface area contributed by atoms with Gasteiger partial charge in [0.2, 0.25) is 0 Å². The Morgan fingerprint density at radius 2 is 2.12 bits per heavy atom. The molecule has 1 aromatic carbocycles. The van der Waals surface area contributed by atoms with E-state index in [0.29, 0.717) is 19.4 Å². The molecule has 0 aliphatic rings. The Balaban J connectivity index is 2.46. The molecule has 16 heavy (non-hydrogen) atoms. The lowest BCUT2D eigenvalue weighted by Gasteiger charge is -2.10. The van der Waals surface area contributed by atoms with Crippen LogP contribution in [0.2, 0.25) is 0 Å². The zero-order valence-electron chi connectivity index (χ0n) is 9.77. The lowest BCUT2D eigenvalue weighted by atomic mass is 10.0. The van der Waals surface area contributed by atoms with Gasteiger partial charge >= 0.3 is 5.97 Å². The second-order valence-electron chi connectivity index (χ2n) is 3.73. The number of rotatable bonds is 5. The van der Waals surface area contributed by atoms with Gasteiger partial charge in [-0.2, -0.15) is 0 Å². The van der Waals surface area contributed by atoms with Crippen LogP contribution in [-0.2, 0) is 16.0 Å². The van der Waals surface area contributed by atoms with Crippen LogP contribution in [0.4, 0.5) is 0 Å². The molecule has 1 atom stereocenters. The highest BCUT2D eigenvalue weighted by Gasteiger charge is 2.15. The average molecular weight is 222 g/mol. The molecule has 0 saturated carbocycles. The first-order valence-electron chi connectivity index (χ1n) is 5.54. The smallest absolute Gasteiger partial charge is 0.334 e. The van der Waals surface area contributed by atoms with E-state index in [2.05, 4.69) is 0 Å². The number of carbonyl (C=O) groups excluding carboxylic acids is 1. The third kappa shape index (κ3) is 3.66. The fourth-order valence-corrected chi connectivity index (χ4v) is 1.54. The van der Waals surface area contributed by atoms with Crippen molar-refractivity contribution in [1.82, 2.24) is 0 Å². The molecular weight excluding hydrogens is 204 g/mol. The Morgan fingerprint density at radius 3 is 2.75 bits per heavy atom. The second kappa shape index (κ2) is 6.28. The highest BCUT2D eigenvalue weighted by molar-refractivity contribution is 5.74. The molecule has 0 fully saturated rings. The predicted octanol–water partition coefficient (Wildman–Crippen LogP) is 1.85. The molecule has 3 nitrogen and oxygen atoms in total. The van der Waals surface area contributed by atoms with Gasteiger partial charge in [0.05, 0.1) is 6.61 Å². The highest BCUT2D eigenvalue weighted by Crippen LogP contribution is 2.11. The molecule has 0 aromatic heterocycles. The van der Waals surface area contributed by atoms with E-state index in [1.54, 1.807) is 6.92 Å². The van der Waals surface area contributed by atoms with Crippen LogP contribution in [0.25, 0.3) is 0 Å². The number of benzene rings is 1. The van der Waals surface area contributed by atoms with Crippen molar-refractivity contribution in [3.8, 4) is 0 Å². The van der Waals surface area contributed by atoms with Crippen molar-refractivity contribution in [2.45, 2.75) is 32.8 Å². The van der Waals surface area contributed by atoms with Gasteiger partial charge in [-0.1, -0.05) is 24.3 Å². The lowest BCUT2D eigenvalue weighted by molar-refractivity contribution is -0.153. The Hall–Kier alpha value is -1.35. The summed E-state index contributed by atoms with van der Waals surface area (Å²) in [5, 5.41) is 9.53. The van der Waals surface area contributed by atoms with Gasteiger partial charge in [-0.05, 0) is 37.8 Å². The molecule has 0 radical (unpaired) electrons. The van der Waals surface area contributed by atoms with Crippen molar-refractivity contribution in [3.63, 3.8) is 0 Å². The zero-order valence-corrected chi connectivity index (χ0v) is 9.77. The Morgan fingerprint density at radius 1 is 1.44 bits per heavy atom. The maximum Gasteiger partial charge on any atom is 0.334 e. The molecule has 0 unspecified atom stereocenters. The maximum atomic E-state index is 11.2. The number of aliphatic hydroxyl groups excluding tert-OH is 1. The summed E-state index contributed by atoms with van der Waals surface area (Å²) < 4.78 is 4.73. The van der Waals surface area contributed by atoms with E-state index in [-0.39, 0.29) is 0 Å². The minimum Gasteiger partial charge on any atom is -0.464 e. The van der Waals surface area contributed by atoms with Crippen molar-refractivity contribution >= 4 is 5.97 Å². The van der Waals surface area contributed by atoms with Crippen molar-refractivity contribution in [3.05, 3.63) is 35.4 Å². The molecule has 3 heteroatoms. The molecular formula is C13H18O3.